The topological polar surface area (TPSA) is 61.4 Å². The molecule has 136 valence electrons. The predicted octanol–water partition coefficient (Wildman–Crippen LogP) is 1.15. The van der Waals surface area contributed by atoms with Crippen LogP contribution in [0.25, 0.3) is 0 Å². The number of rotatable bonds is 3. The molecule has 0 radical (unpaired) electrons. The van der Waals surface area contributed by atoms with Crippen LogP contribution in [0.15, 0.2) is 30.5 Å². The number of nitrogens with zero attached hydrogens (tertiary/aromatic N) is 4. The highest BCUT2D eigenvalue weighted by atomic mass is 19.1. The highest BCUT2D eigenvalue weighted by Crippen LogP contribution is 2.20. The molecule has 1 N–H and O–H groups in total. The van der Waals surface area contributed by atoms with Gasteiger partial charge in [-0.3, -0.25) is 4.79 Å². The summed E-state index contributed by atoms with van der Waals surface area (Å²) in [5, 5.41) is 3.33. The second-order valence-corrected chi connectivity index (χ2v) is 6.75. The van der Waals surface area contributed by atoms with Crippen LogP contribution in [-0.2, 0) is 24.2 Å². The number of hydrogen-bond donors (Lipinski definition) is 1. The number of piperazine rings is 1. The summed E-state index contributed by atoms with van der Waals surface area (Å²) in [6.07, 6.45) is 2.89. The molecule has 1 fully saturated rings. The first kappa shape index (κ1) is 16.9. The van der Waals surface area contributed by atoms with E-state index < -0.39 is 0 Å². The van der Waals surface area contributed by atoms with E-state index in [4.69, 9.17) is 4.98 Å². The van der Waals surface area contributed by atoms with E-state index in [9.17, 15) is 9.18 Å². The third kappa shape index (κ3) is 3.67. The lowest BCUT2D eigenvalue weighted by atomic mass is 10.1. The quantitative estimate of drug-likeness (QED) is 0.895. The van der Waals surface area contributed by atoms with E-state index in [0.717, 1.165) is 55.4 Å². The van der Waals surface area contributed by atoms with Crippen LogP contribution in [0, 0.1) is 5.82 Å². The molecular weight excluding hydrogens is 333 g/mol. The van der Waals surface area contributed by atoms with Crippen molar-refractivity contribution in [3.8, 4) is 0 Å². The Balaban J connectivity index is 1.42. The van der Waals surface area contributed by atoms with Gasteiger partial charge in [0.2, 0.25) is 11.9 Å². The van der Waals surface area contributed by atoms with Crippen LogP contribution in [-0.4, -0.2) is 53.5 Å². The van der Waals surface area contributed by atoms with Gasteiger partial charge in [-0.2, -0.15) is 0 Å². The zero-order valence-corrected chi connectivity index (χ0v) is 14.6. The molecule has 4 rings (SSSR count). The van der Waals surface area contributed by atoms with E-state index in [2.05, 4.69) is 15.2 Å². The Bertz CT molecular complexity index is 789. The molecule has 6 nitrogen and oxygen atoms in total. The van der Waals surface area contributed by atoms with Crippen molar-refractivity contribution in [2.24, 2.45) is 0 Å². The largest absolute Gasteiger partial charge is 0.338 e. The number of carbonyl (C=O) groups is 1. The molecule has 0 bridgehead atoms. The van der Waals surface area contributed by atoms with Gasteiger partial charge in [0.05, 0.1) is 12.1 Å². The van der Waals surface area contributed by atoms with Crippen LogP contribution in [0.2, 0.25) is 0 Å². The molecule has 2 aromatic rings. The molecule has 3 heterocycles. The smallest absolute Gasteiger partial charge is 0.227 e. The lowest BCUT2D eigenvalue weighted by Gasteiger charge is -2.31. The first-order valence-electron chi connectivity index (χ1n) is 9.02. The number of aromatic nitrogens is 2. The average Bonchev–Trinajstić information content (AvgIpc) is 2.69. The van der Waals surface area contributed by atoms with Crippen molar-refractivity contribution in [3.05, 3.63) is 53.1 Å². The average molecular weight is 355 g/mol. The summed E-state index contributed by atoms with van der Waals surface area (Å²) in [6.45, 7) is 4.93. The Kier molecular flexibility index (Phi) is 4.79. The molecule has 7 heteroatoms. The minimum atomic E-state index is -0.287. The van der Waals surface area contributed by atoms with Crippen molar-refractivity contribution in [1.29, 1.82) is 0 Å². The molecule has 1 saturated heterocycles. The predicted molar refractivity (Wildman–Crippen MR) is 96.3 cm³/mol. The number of benzene rings is 1. The number of nitrogens with one attached hydrogen (secondary N) is 1. The summed E-state index contributed by atoms with van der Waals surface area (Å²) in [6, 6.07) is 6.10. The van der Waals surface area contributed by atoms with E-state index in [1.807, 2.05) is 11.1 Å². The van der Waals surface area contributed by atoms with Gasteiger partial charge in [-0.1, -0.05) is 12.1 Å². The molecule has 0 spiro atoms. The third-order valence-electron chi connectivity index (χ3n) is 4.94. The van der Waals surface area contributed by atoms with Gasteiger partial charge in [-0.15, -0.1) is 0 Å². The molecule has 26 heavy (non-hydrogen) atoms. The summed E-state index contributed by atoms with van der Waals surface area (Å²) < 4.78 is 13.0. The lowest BCUT2D eigenvalue weighted by molar-refractivity contribution is -0.131. The molecule has 0 atom stereocenters. The lowest BCUT2D eigenvalue weighted by Crippen LogP contribution is -2.44. The number of halogens is 1. The van der Waals surface area contributed by atoms with Gasteiger partial charge in [-0.25, -0.2) is 14.4 Å². The van der Waals surface area contributed by atoms with Gasteiger partial charge in [-0.05, 0) is 17.7 Å². The number of fused-ring (bicyclic) bond motifs is 1. The molecule has 0 saturated carbocycles. The fourth-order valence-corrected chi connectivity index (χ4v) is 3.42. The molecule has 2 aliphatic rings. The van der Waals surface area contributed by atoms with Crippen LogP contribution >= 0.6 is 0 Å². The monoisotopic (exact) mass is 355 g/mol. The number of hydrogen-bond acceptors (Lipinski definition) is 5. The summed E-state index contributed by atoms with van der Waals surface area (Å²) in [7, 11) is 0. The Hall–Kier alpha value is -2.54. The normalized spacial score (nSPS) is 17.1. The Morgan fingerprint density at radius 2 is 1.92 bits per heavy atom. The molecule has 1 aromatic carbocycles. The maximum atomic E-state index is 13.0. The summed E-state index contributed by atoms with van der Waals surface area (Å²) >= 11 is 0. The summed E-state index contributed by atoms with van der Waals surface area (Å²) in [5.74, 6) is 0.551. The SMILES string of the molecule is O=C(Cc1ccc(F)cc1)N1CCc2nc(N3CCNCC3)ncc2C1. The number of anilines is 1. The van der Waals surface area contributed by atoms with Crippen LogP contribution in [0.1, 0.15) is 16.8 Å². The van der Waals surface area contributed by atoms with Crippen molar-refractivity contribution < 1.29 is 9.18 Å². The molecule has 1 aromatic heterocycles. The van der Waals surface area contributed by atoms with E-state index in [0.29, 0.717) is 13.1 Å². The first-order valence-corrected chi connectivity index (χ1v) is 9.02. The molecule has 0 aliphatic carbocycles. The maximum Gasteiger partial charge on any atom is 0.227 e. The fraction of sp³-hybridized carbons (Fsp3) is 0.421. The van der Waals surface area contributed by atoms with Crippen molar-refractivity contribution >= 4 is 11.9 Å². The van der Waals surface area contributed by atoms with Crippen LogP contribution in [0.3, 0.4) is 0 Å². The summed E-state index contributed by atoms with van der Waals surface area (Å²) in [4.78, 5) is 25.8. The Labute approximate surface area is 152 Å². The van der Waals surface area contributed by atoms with Gasteiger partial charge in [0.15, 0.2) is 0 Å². The zero-order valence-electron chi connectivity index (χ0n) is 14.6. The second kappa shape index (κ2) is 7.37. The molecule has 1 amide bonds. The van der Waals surface area contributed by atoms with Gasteiger partial charge >= 0.3 is 0 Å². The third-order valence-corrected chi connectivity index (χ3v) is 4.94. The highest BCUT2D eigenvalue weighted by molar-refractivity contribution is 5.79. The Morgan fingerprint density at radius 1 is 1.15 bits per heavy atom. The molecular formula is C19H22FN5O. The summed E-state index contributed by atoms with van der Waals surface area (Å²) in [5.41, 5.74) is 2.88. The van der Waals surface area contributed by atoms with Crippen molar-refractivity contribution in [2.75, 3.05) is 37.6 Å². The zero-order chi connectivity index (χ0) is 17.9. The minimum absolute atomic E-state index is 0.0495. The van der Waals surface area contributed by atoms with Crippen molar-refractivity contribution in [3.63, 3.8) is 0 Å². The first-order chi connectivity index (χ1) is 12.7. The molecule has 0 unspecified atom stereocenters. The van der Waals surface area contributed by atoms with Crippen LogP contribution < -0.4 is 10.2 Å². The fourth-order valence-electron chi connectivity index (χ4n) is 3.42. The van der Waals surface area contributed by atoms with E-state index >= 15 is 0 Å². The van der Waals surface area contributed by atoms with Gasteiger partial charge in [0.25, 0.3) is 0 Å². The van der Waals surface area contributed by atoms with Gasteiger partial charge < -0.3 is 15.1 Å². The van der Waals surface area contributed by atoms with Crippen LogP contribution in [0.4, 0.5) is 10.3 Å². The van der Waals surface area contributed by atoms with E-state index in [-0.39, 0.29) is 18.1 Å². The number of amides is 1. The molecule has 2 aliphatic heterocycles. The van der Waals surface area contributed by atoms with Crippen molar-refractivity contribution in [1.82, 2.24) is 20.2 Å². The standard InChI is InChI=1S/C19H22FN5O/c20-16-3-1-14(2-4-16)11-18(26)25-8-5-17-15(13-25)12-22-19(23-17)24-9-6-21-7-10-24/h1-4,12,21H,5-11,13H2. The van der Waals surface area contributed by atoms with Gasteiger partial charge in [0, 0.05) is 57.4 Å². The van der Waals surface area contributed by atoms with Crippen LogP contribution in [0.5, 0.6) is 0 Å². The Morgan fingerprint density at radius 3 is 2.69 bits per heavy atom. The van der Waals surface area contributed by atoms with Crippen molar-refractivity contribution in [2.45, 2.75) is 19.4 Å². The number of carbonyl (C=O) groups excluding carboxylic acids is 1. The van der Waals surface area contributed by atoms with E-state index in [1.165, 1.54) is 12.1 Å². The second-order valence-electron chi connectivity index (χ2n) is 6.75. The highest BCUT2D eigenvalue weighted by Gasteiger charge is 2.23. The minimum Gasteiger partial charge on any atom is -0.338 e. The maximum absolute atomic E-state index is 13.0. The van der Waals surface area contributed by atoms with E-state index in [1.54, 1.807) is 12.1 Å². The van der Waals surface area contributed by atoms with Gasteiger partial charge in [0.1, 0.15) is 5.82 Å².